The number of likely N-dealkylation sites (N-methyl/N-ethyl adjacent to an activating group) is 1. The molecule has 2 heteroatoms. The molecular weight excluding hydrogens is 246 g/mol. The molecule has 0 spiro atoms. The molecule has 2 unspecified atom stereocenters. The lowest BCUT2D eigenvalue weighted by molar-refractivity contribution is 0.113. The number of hydrogen-bond donors (Lipinski definition) is 1. The van der Waals surface area contributed by atoms with Crippen LogP contribution in [0.2, 0.25) is 0 Å². The maximum atomic E-state index is 6.43. The Labute approximate surface area is 123 Å². The first-order valence-electron chi connectivity index (χ1n) is 8.12. The van der Waals surface area contributed by atoms with Crippen LogP contribution in [0.5, 0.6) is 5.75 Å². The van der Waals surface area contributed by atoms with E-state index in [1.54, 1.807) is 0 Å². The number of rotatable bonds is 5. The Morgan fingerprint density at radius 2 is 2.00 bits per heavy atom. The minimum Gasteiger partial charge on any atom is -0.489 e. The molecule has 0 heterocycles. The molecule has 1 aromatic rings. The molecule has 20 heavy (non-hydrogen) atoms. The van der Waals surface area contributed by atoms with Gasteiger partial charge >= 0.3 is 0 Å². The molecule has 112 valence electrons. The van der Waals surface area contributed by atoms with E-state index in [-0.39, 0.29) is 0 Å². The van der Waals surface area contributed by atoms with Crippen molar-refractivity contribution in [2.45, 2.75) is 71.4 Å². The summed E-state index contributed by atoms with van der Waals surface area (Å²) in [4.78, 5) is 0. The van der Waals surface area contributed by atoms with E-state index in [0.29, 0.717) is 18.1 Å². The summed E-state index contributed by atoms with van der Waals surface area (Å²) >= 11 is 0. The highest BCUT2D eigenvalue weighted by atomic mass is 16.5. The quantitative estimate of drug-likeness (QED) is 0.859. The zero-order valence-electron chi connectivity index (χ0n) is 13.4. The van der Waals surface area contributed by atoms with Gasteiger partial charge in [0.2, 0.25) is 0 Å². The van der Waals surface area contributed by atoms with Crippen LogP contribution in [0.4, 0.5) is 0 Å². The summed E-state index contributed by atoms with van der Waals surface area (Å²) in [6.07, 6.45) is 5.34. The van der Waals surface area contributed by atoms with Crippen LogP contribution < -0.4 is 10.1 Å². The molecule has 1 saturated carbocycles. The predicted octanol–water partition coefficient (Wildman–Crippen LogP) is 4.42. The zero-order chi connectivity index (χ0) is 14.5. The fourth-order valence-electron chi connectivity index (χ4n) is 3.12. The third kappa shape index (κ3) is 3.76. The number of aryl methyl sites for hydroxylation is 1. The van der Waals surface area contributed by atoms with E-state index in [2.05, 4.69) is 51.2 Å². The lowest BCUT2D eigenvalue weighted by Gasteiger charge is -2.33. The highest BCUT2D eigenvalue weighted by Crippen LogP contribution is 2.31. The molecule has 0 amide bonds. The average molecular weight is 275 g/mol. The fraction of sp³-hybridized carbons (Fsp3) is 0.667. The first kappa shape index (κ1) is 15.4. The summed E-state index contributed by atoms with van der Waals surface area (Å²) in [6, 6.07) is 7.12. The van der Waals surface area contributed by atoms with Gasteiger partial charge in [0, 0.05) is 6.04 Å². The van der Waals surface area contributed by atoms with Crippen LogP contribution in [-0.4, -0.2) is 18.7 Å². The Kier molecular flexibility index (Phi) is 5.47. The highest BCUT2D eigenvalue weighted by molar-refractivity contribution is 5.39. The van der Waals surface area contributed by atoms with Gasteiger partial charge in [0.1, 0.15) is 11.9 Å². The van der Waals surface area contributed by atoms with E-state index in [9.17, 15) is 0 Å². The van der Waals surface area contributed by atoms with Crippen LogP contribution in [0.15, 0.2) is 18.2 Å². The van der Waals surface area contributed by atoms with Crippen molar-refractivity contribution in [2.24, 2.45) is 0 Å². The first-order chi connectivity index (χ1) is 9.61. The summed E-state index contributed by atoms with van der Waals surface area (Å²) in [5.41, 5.74) is 2.61. The van der Waals surface area contributed by atoms with Crippen molar-refractivity contribution in [1.82, 2.24) is 5.32 Å². The Hall–Kier alpha value is -1.02. The maximum absolute atomic E-state index is 6.43. The first-order valence-corrected chi connectivity index (χ1v) is 8.12. The summed E-state index contributed by atoms with van der Waals surface area (Å²) in [7, 11) is 0. The van der Waals surface area contributed by atoms with Gasteiger partial charge in [0.05, 0.1) is 0 Å². The second-order valence-corrected chi connectivity index (χ2v) is 6.30. The molecule has 2 rings (SSSR count). The molecule has 0 aliphatic heterocycles. The monoisotopic (exact) mass is 275 g/mol. The van der Waals surface area contributed by atoms with Gasteiger partial charge in [-0.2, -0.15) is 0 Å². The van der Waals surface area contributed by atoms with E-state index in [1.807, 2.05) is 0 Å². The topological polar surface area (TPSA) is 21.3 Å². The van der Waals surface area contributed by atoms with Crippen molar-refractivity contribution in [3.8, 4) is 5.75 Å². The standard InChI is InChI=1S/C18H29NO/c1-5-19-16-8-6-7-9-17(16)20-18-12-14(4)10-11-15(18)13(2)3/h10-13,16-17,19H,5-9H2,1-4H3. The van der Waals surface area contributed by atoms with Gasteiger partial charge in [-0.3, -0.25) is 0 Å². The third-order valence-electron chi connectivity index (χ3n) is 4.24. The van der Waals surface area contributed by atoms with E-state index in [4.69, 9.17) is 4.74 Å². The van der Waals surface area contributed by atoms with Gasteiger partial charge < -0.3 is 10.1 Å². The van der Waals surface area contributed by atoms with Crippen LogP contribution >= 0.6 is 0 Å². The Balaban J connectivity index is 2.16. The van der Waals surface area contributed by atoms with Crippen molar-refractivity contribution >= 4 is 0 Å². The van der Waals surface area contributed by atoms with Gasteiger partial charge in [0.25, 0.3) is 0 Å². The minimum atomic E-state index is 0.322. The Bertz CT molecular complexity index is 425. The van der Waals surface area contributed by atoms with E-state index in [0.717, 1.165) is 12.3 Å². The second-order valence-electron chi connectivity index (χ2n) is 6.30. The van der Waals surface area contributed by atoms with E-state index >= 15 is 0 Å². The average Bonchev–Trinajstić information content (AvgIpc) is 2.41. The molecule has 0 saturated heterocycles. The molecule has 2 atom stereocenters. The van der Waals surface area contributed by atoms with Gasteiger partial charge in [-0.05, 0) is 55.8 Å². The number of hydrogen-bond acceptors (Lipinski definition) is 2. The summed E-state index contributed by atoms with van der Waals surface area (Å²) in [5.74, 6) is 1.60. The lowest BCUT2D eigenvalue weighted by Crippen LogP contribution is -2.45. The van der Waals surface area contributed by atoms with Crippen molar-refractivity contribution in [2.75, 3.05) is 6.54 Å². The second kappa shape index (κ2) is 7.12. The smallest absolute Gasteiger partial charge is 0.123 e. The Morgan fingerprint density at radius 1 is 1.25 bits per heavy atom. The molecule has 1 aliphatic rings. The third-order valence-corrected chi connectivity index (χ3v) is 4.24. The van der Waals surface area contributed by atoms with Crippen LogP contribution in [0.25, 0.3) is 0 Å². The lowest BCUT2D eigenvalue weighted by atomic mass is 9.92. The van der Waals surface area contributed by atoms with Crippen molar-refractivity contribution in [1.29, 1.82) is 0 Å². The molecule has 0 aromatic heterocycles. The minimum absolute atomic E-state index is 0.322. The van der Waals surface area contributed by atoms with Crippen LogP contribution in [0.3, 0.4) is 0 Å². The molecule has 1 aromatic carbocycles. The largest absolute Gasteiger partial charge is 0.489 e. The van der Waals surface area contributed by atoms with Crippen molar-refractivity contribution in [3.05, 3.63) is 29.3 Å². The zero-order valence-corrected chi connectivity index (χ0v) is 13.4. The Morgan fingerprint density at radius 3 is 2.70 bits per heavy atom. The van der Waals surface area contributed by atoms with Crippen molar-refractivity contribution < 1.29 is 4.74 Å². The van der Waals surface area contributed by atoms with Crippen molar-refractivity contribution in [3.63, 3.8) is 0 Å². The van der Waals surface area contributed by atoms with Gasteiger partial charge in [0.15, 0.2) is 0 Å². The summed E-state index contributed by atoms with van der Waals surface area (Å²) in [5, 5.41) is 3.59. The molecule has 1 N–H and O–H groups in total. The predicted molar refractivity (Wildman–Crippen MR) is 85.6 cm³/mol. The molecule has 1 aliphatic carbocycles. The summed E-state index contributed by atoms with van der Waals surface area (Å²) in [6.45, 7) is 9.81. The molecule has 0 radical (unpaired) electrons. The number of benzene rings is 1. The number of nitrogens with one attached hydrogen (secondary N) is 1. The normalized spacial score (nSPS) is 23.1. The molecular formula is C18H29NO. The van der Waals surface area contributed by atoms with Crippen LogP contribution in [-0.2, 0) is 0 Å². The van der Waals surface area contributed by atoms with Gasteiger partial charge in [-0.25, -0.2) is 0 Å². The SMILES string of the molecule is CCNC1CCCCC1Oc1cc(C)ccc1C(C)C. The fourth-order valence-corrected chi connectivity index (χ4v) is 3.12. The van der Waals surface area contributed by atoms with Gasteiger partial charge in [-0.15, -0.1) is 0 Å². The molecule has 0 bridgehead atoms. The van der Waals surface area contributed by atoms with Crippen LogP contribution in [0, 0.1) is 6.92 Å². The highest BCUT2D eigenvalue weighted by Gasteiger charge is 2.26. The molecule has 1 fully saturated rings. The van der Waals surface area contributed by atoms with Crippen LogP contribution in [0.1, 0.15) is 63.5 Å². The number of ether oxygens (including phenoxy) is 1. The summed E-state index contributed by atoms with van der Waals surface area (Å²) < 4.78 is 6.43. The van der Waals surface area contributed by atoms with E-state index in [1.165, 1.54) is 36.8 Å². The van der Waals surface area contributed by atoms with E-state index < -0.39 is 0 Å². The van der Waals surface area contributed by atoms with Gasteiger partial charge in [-0.1, -0.05) is 39.3 Å². The molecule has 2 nitrogen and oxygen atoms in total. The maximum Gasteiger partial charge on any atom is 0.123 e.